The van der Waals surface area contributed by atoms with Crippen LogP contribution >= 0.6 is 0 Å². The molecular weight excluding hydrogens is 450 g/mol. The van der Waals surface area contributed by atoms with E-state index >= 15 is 0 Å². The number of halogens is 1. The van der Waals surface area contributed by atoms with Crippen LogP contribution in [-0.4, -0.2) is 108 Å². The van der Waals surface area contributed by atoms with E-state index in [-0.39, 0.29) is 12.4 Å². The minimum atomic E-state index is -1.36. The lowest BCUT2D eigenvalue weighted by molar-refractivity contribution is -0.890. The summed E-state index contributed by atoms with van der Waals surface area (Å²) in [6, 6.07) is 0. The van der Waals surface area contributed by atoms with Gasteiger partial charge in [-0.1, -0.05) is 58.3 Å². The van der Waals surface area contributed by atoms with Crippen LogP contribution in [0.4, 0.5) is 0 Å². The highest BCUT2D eigenvalue weighted by atomic mass is 35.5. The van der Waals surface area contributed by atoms with E-state index in [9.17, 15) is 15.3 Å². The van der Waals surface area contributed by atoms with Crippen LogP contribution in [0.3, 0.4) is 0 Å². The second-order valence-corrected chi connectivity index (χ2v) is 9.58. The number of aliphatic hydroxyl groups is 5. The van der Waals surface area contributed by atoms with Crippen LogP contribution in [0.15, 0.2) is 0 Å². The Morgan fingerprint density at radius 3 is 1.67 bits per heavy atom. The highest BCUT2D eigenvalue weighted by Crippen LogP contribution is 2.21. The Morgan fingerprint density at radius 2 is 1.21 bits per heavy atom. The molecule has 1 rings (SSSR count). The fourth-order valence-corrected chi connectivity index (χ4v) is 3.90. The summed E-state index contributed by atoms with van der Waals surface area (Å²) in [7, 11) is 5.86. The van der Waals surface area contributed by atoms with E-state index in [0.717, 1.165) is 17.4 Å². The number of methoxy groups -OCH3 is 1. The van der Waals surface area contributed by atoms with Crippen molar-refractivity contribution in [2.75, 3.05) is 47.5 Å². The topological polar surface area (TPSA) is 120 Å². The summed E-state index contributed by atoms with van der Waals surface area (Å²) < 4.78 is 10.7. The number of nitrogens with zero attached hydrogens (tertiary/aromatic N) is 1. The van der Waals surface area contributed by atoms with Crippen molar-refractivity contribution in [3.8, 4) is 0 Å². The quantitative estimate of drug-likeness (QED) is 0.133. The molecule has 9 heteroatoms. The van der Waals surface area contributed by atoms with E-state index in [1.807, 2.05) is 0 Å². The van der Waals surface area contributed by atoms with Crippen molar-refractivity contribution >= 4 is 0 Å². The van der Waals surface area contributed by atoms with Gasteiger partial charge in [-0.3, -0.25) is 0 Å². The van der Waals surface area contributed by atoms with Crippen molar-refractivity contribution in [2.45, 2.75) is 108 Å². The summed E-state index contributed by atoms with van der Waals surface area (Å²) in [5.74, 6) is 0. The number of quaternary nitrogens is 1. The Kier molecular flexibility index (Phi) is 22.6. The minimum Gasteiger partial charge on any atom is -1.00 e. The van der Waals surface area contributed by atoms with E-state index in [2.05, 4.69) is 21.0 Å². The van der Waals surface area contributed by atoms with Crippen molar-refractivity contribution in [2.24, 2.45) is 0 Å². The second kappa shape index (κ2) is 21.3. The molecule has 202 valence electrons. The van der Waals surface area contributed by atoms with Gasteiger partial charge in [-0.05, 0) is 12.8 Å². The van der Waals surface area contributed by atoms with E-state index in [1.54, 1.807) is 0 Å². The van der Waals surface area contributed by atoms with Crippen LogP contribution in [0.2, 0.25) is 0 Å². The molecule has 0 aromatic rings. The summed E-state index contributed by atoms with van der Waals surface area (Å²) >= 11 is 0. The first-order valence-electron chi connectivity index (χ1n) is 12.5. The molecule has 1 unspecified atom stereocenters. The summed E-state index contributed by atoms with van der Waals surface area (Å²) in [5, 5.41) is 45.4. The molecule has 1 aliphatic rings. The smallest absolute Gasteiger partial charge is 0.186 e. The van der Waals surface area contributed by atoms with Gasteiger partial charge in [0.2, 0.25) is 0 Å². The van der Waals surface area contributed by atoms with E-state index in [1.165, 1.54) is 77.9 Å². The van der Waals surface area contributed by atoms with Gasteiger partial charge in [0, 0.05) is 20.1 Å². The standard InChI is InChI=1S/C17H38NO.C7H14O6.ClH/c1-4-5-6-7-8-9-10-11-12-13-15-18(2,3)16-14-17-19;1-12-7-6(11)5(10)4(9)3(2-8)13-7;/h19H,4-17H2,1-3H3;3-11H,2H2,1H3;1H/q+1;;/p-1/t;3-,4-,5+,6-,7?;/m.1./s1. The highest BCUT2D eigenvalue weighted by molar-refractivity contribution is 4.88. The van der Waals surface area contributed by atoms with E-state index < -0.39 is 37.3 Å². The summed E-state index contributed by atoms with van der Waals surface area (Å²) in [5.41, 5.74) is 0. The zero-order valence-corrected chi connectivity index (χ0v) is 22.1. The van der Waals surface area contributed by atoms with Crippen molar-refractivity contribution in [3.63, 3.8) is 0 Å². The molecule has 0 saturated carbocycles. The normalized spacial score (nSPS) is 25.2. The van der Waals surface area contributed by atoms with Crippen LogP contribution in [0.1, 0.15) is 77.6 Å². The van der Waals surface area contributed by atoms with E-state index in [4.69, 9.17) is 19.7 Å². The molecule has 5 atom stereocenters. The van der Waals surface area contributed by atoms with Crippen LogP contribution in [0.5, 0.6) is 0 Å². The number of hydrogen-bond donors (Lipinski definition) is 5. The maximum Gasteiger partial charge on any atom is 0.186 e. The molecule has 5 N–H and O–H groups in total. The fraction of sp³-hybridized carbons (Fsp3) is 1.00. The molecule has 1 saturated heterocycles. The number of ether oxygens (including phenoxy) is 2. The van der Waals surface area contributed by atoms with Gasteiger partial charge >= 0.3 is 0 Å². The predicted octanol–water partition coefficient (Wildman–Crippen LogP) is -1.20. The molecule has 8 nitrogen and oxygen atoms in total. The Labute approximate surface area is 207 Å². The SMILES string of the molecule is CCCCCCCCCCCC[N+](C)(C)CCCO.COC1O[C@H](CO)[C@@H](O)[C@H](O)[C@H]1O.[Cl-]. The number of rotatable bonds is 16. The maximum absolute atomic E-state index is 9.28. The molecule has 0 radical (unpaired) electrons. The molecule has 0 aliphatic carbocycles. The van der Waals surface area contributed by atoms with Crippen LogP contribution in [-0.2, 0) is 9.47 Å². The Balaban J connectivity index is 0. The molecule has 1 fully saturated rings. The lowest BCUT2D eigenvalue weighted by Gasteiger charge is -2.38. The van der Waals surface area contributed by atoms with Gasteiger partial charge in [0.15, 0.2) is 6.29 Å². The maximum atomic E-state index is 9.28. The largest absolute Gasteiger partial charge is 1.00 e. The van der Waals surface area contributed by atoms with Gasteiger partial charge in [-0.2, -0.15) is 0 Å². The van der Waals surface area contributed by atoms with Crippen molar-refractivity contribution in [1.82, 2.24) is 0 Å². The third kappa shape index (κ3) is 16.3. The van der Waals surface area contributed by atoms with Gasteiger partial charge in [0.25, 0.3) is 0 Å². The molecule has 0 bridgehead atoms. The number of aliphatic hydroxyl groups excluding tert-OH is 5. The van der Waals surface area contributed by atoms with Crippen molar-refractivity contribution in [3.05, 3.63) is 0 Å². The Bertz CT molecular complexity index is 412. The fourth-order valence-electron chi connectivity index (χ4n) is 3.90. The average molecular weight is 502 g/mol. The lowest BCUT2D eigenvalue weighted by atomic mass is 9.99. The van der Waals surface area contributed by atoms with Gasteiger partial charge < -0.3 is 51.9 Å². The molecule has 0 aromatic carbocycles. The average Bonchev–Trinajstić information content (AvgIpc) is 2.78. The third-order valence-electron chi connectivity index (χ3n) is 6.12. The van der Waals surface area contributed by atoms with Gasteiger partial charge in [0.1, 0.15) is 24.4 Å². The molecule has 0 spiro atoms. The molecule has 1 aliphatic heterocycles. The third-order valence-corrected chi connectivity index (χ3v) is 6.12. The Hall–Kier alpha value is -0.0300. The predicted molar refractivity (Wildman–Crippen MR) is 126 cm³/mol. The van der Waals surface area contributed by atoms with Crippen molar-refractivity contribution in [1.29, 1.82) is 0 Å². The minimum absolute atomic E-state index is 0. The zero-order chi connectivity index (χ0) is 24.4. The first-order valence-corrected chi connectivity index (χ1v) is 12.5. The highest BCUT2D eigenvalue weighted by Gasteiger charge is 2.43. The Morgan fingerprint density at radius 1 is 0.727 bits per heavy atom. The second-order valence-electron chi connectivity index (χ2n) is 9.58. The molecule has 33 heavy (non-hydrogen) atoms. The number of hydrogen-bond acceptors (Lipinski definition) is 7. The van der Waals surface area contributed by atoms with Crippen LogP contribution in [0, 0.1) is 0 Å². The van der Waals surface area contributed by atoms with Crippen LogP contribution in [0.25, 0.3) is 0 Å². The molecule has 1 heterocycles. The molecule has 0 amide bonds. The molecule has 0 aromatic heterocycles. The summed E-state index contributed by atoms with van der Waals surface area (Å²) in [4.78, 5) is 0. The first kappa shape index (κ1) is 35.1. The van der Waals surface area contributed by atoms with Gasteiger partial charge in [0.05, 0.1) is 33.8 Å². The molecular formula is C24H52ClNO7. The van der Waals surface area contributed by atoms with Gasteiger partial charge in [-0.15, -0.1) is 0 Å². The zero-order valence-electron chi connectivity index (χ0n) is 21.4. The van der Waals surface area contributed by atoms with Crippen molar-refractivity contribution < 1.29 is 51.9 Å². The lowest BCUT2D eigenvalue weighted by Crippen LogP contribution is -3.00. The first-order chi connectivity index (χ1) is 15.2. The van der Waals surface area contributed by atoms with Gasteiger partial charge in [-0.25, -0.2) is 0 Å². The summed E-state index contributed by atoms with van der Waals surface area (Å²) in [6.45, 7) is 4.54. The monoisotopic (exact) mass is 501 g/mol. The van der Waals surface area contributed by atoms with E-state index in [0.29, 0.717) is 6.61 Å². The number of unbranched alkanes of at least 4 members (excludes halogenated alkanes) is 9. The summed E-state index contributed by atoms with van der Waals surface area (Å²) in [6.07, 6.45) is 9.12. The van der Waals surface area contributed by atoms with Crippen LogP contribution < -0.4 is 12.4 Å².